The van der Waals surface area contributed by atoms with Gasteiger partial charge in [-0.15, -0.1) is 0 Å². The molecule has 1 heterocycles. The molecule has 5 heteroatoms. The third kappa shape index (κ3) is 3.09. The topological polar surface area (TPSA) is 65.8 Å². The molecule has 0 aliphatic rings. The Hall–Kier alpha value is -2.38. The quantitative estimate of drug-likeness (QED) is 0.912. The van der Waals surface area contributed by atoms with Gasteiger partial charge in [0, 0.05) is 16.8 Å². The summed E-state index contributed by atoms with van der Waals surface area (Å²) in [5.41, 5.74) is 1.79. The molecule has 0 radical (unpaired) electrons. The van der Waals surface area contributed by atoms with Crippen molar-refractivity contribution >= 4 is 23.3 Å². The van der Waals surface area contributed by atoms with Crippen LogP contribution >= 0.6 is 11.6 Å². The minimum atomic E-state index is -0.267. The molecular weight excluding hydrogens is 262 g/mol. The smallest absolute Gasteiger partial charge is 0.256 e. The summed E-state index contributed by atoms with van der Waals surface area (Å²) >= 11 is 5.90. The van der Waals surface area contributed by atoms with Crippen molar-refractivity contribution in [1.29, 1.82) is 5.26 Å². The number of hydrogen-bond acceptors (Lipinski definition) is 3. The Bertz CT molecular complexity index is 659. The van der Waals surface area contributed by atoms with Gasteiger partial charge in [-0.25, -0.2) is 4.98 Å². The van der Waals surface area contributed by atoms with Gasteiger partial charge in [-0.3, -0.25) is 4.79 Å². The average Bonchev–Trinajstić information content (AvgIpc) is 2.42. The lowest BCUT2D eigenvalue weighted by atomic mass is 10.1. The van der Waals surface area contributed by atoms with Crippen molar-refractivity contribution in [3.8, 4) is 6.07 Å². The number of nitrogens with zero attached hydrogens (tertiary/aromatic N) is 2. The zero-order chi connectivity index (χ0) is 13.8. The standard InChI is InChI=1S/C14H10ClN3O/c1-9-6-11(3-4-12(9)15)14(19)18-13-5-2-10(7-16)8-17-13/h2-6,8H,1H3,(H,17,18,19). The molecule has 2 rings (SSSR count). The molecule has 0 saturated heterocycles. The maximum absolute atomic E-state index is 12.0. The van der Waals surface area contributed by atoms with Gasteiger partial charge in [-0.1, -0.05) is 11.6 Å². The van der Waals surface area contributed by atoms with Gasteiger partial charge in [0.1, 0.15) is 11.9 Å². The van der Waals surface area contributed by atoms with Crippen molar-refractivity contribution < 1.29 is 4.79 Å². The Labute approximate surface area is 115 Å². The molecule has 19 heavy (non-hydrogen) atoms. The molecule has 1 amide bonds. The number of benzene rings is 1. The monoisotopic (exact) mass is 271 g/mol. The van der Waals surface area contributed by atoms with Crippen molar-refractivity contribution in [1.82, 2.24) is 4.98 Å². The predicted octanol–water partition coefficient (Wildman–Crippen LogP) is 3.17. The van der Waals surface area contributed by atoms with E-state index in [2.05, 4.69) is 10.3 Å². The van der Waals surface area contributed by atoms with E-state index in [0.29, 0.717) is 22.0 Å². The van der Waals surface area contributed by atoms with Gasteiger partial charge in [0.05, 0.1) is 5.56 Å². The molecule has 1 aromatic carbocycles. The van der Waals surface area contributed by atoms with Crippen LogP contribution in [0.3, 0.4) is 0 Å². The van der Waals surface area contributed by atoms with Gasteiger partial charge < -0.3 is 5.32 Å². The summed E-state index contributed by atoms with van der Waals surface area (Å²) in [6.45, 7) is 1.83. The van der Waals surface area contributed by atoms with Crippen molar-refractivity contribution in [2.45, 2.75) is 6.92 Å². The van der Waals surface area contributed by atoms with Gasteiger partial charge in [0.2, 0.25) is 0 Å². The fraction of sp³-hybridized carbons (Fsp3) is 0.0714. The third-order valence-corrected chi connectivity index (χ3v) is 2.98. The summed E-state index contributed by atoms with van der Waals surface area (Å²) in [6, 6.07) is 10.2. The summed E-state index contributed by atoms with van der Waals surface area (Å²) in [7, 11) is 0. The van der Waals surface area contributed by atoms with Crippen LogP contribution in [0, 0.1) is 18.3 Å². The maximum Gasteiger partial charge on any atom is 0.256 e. The van der Waals surface area contributed by atoms with Crippen LogP contribution in [0.4, 0.5) is 5.82 Å². The predicted molar refractivity (Wildman–Crippen MR) is 73.1 cm³/mol. The molecule has 0 bridgehead atoms. The second-order valence-electron chi connectivity index (χ2n) is 3.96. The van der Waals surface area contributed by atoms with Crippen LogP contribution in [0.25, 0.3) is 0 Å². The molecule has 0 spiro atoms. The minimum absolute atomic E-state index is 0.267. The van der Waals surface area contributed by atoms with Crippen molar-refractivity contribution in [3.05, 3.63) is 58.2 Å². The number of pyridine rings is 1. The largest absolute Gasteiger partial charge is 0.307 e. The van der Waals surface area contributed by atoms with Gasteiger partial charge >= 0.3 is 0 Å². The summed E-state index contributed by atoms with van der Waals surface area (Å²) in [6.07, 6.45) is 1.41. The Morgan fingerprint density at radius 2 is 2.16 bits per heavy atom. The van der Waals surface area contributed by atoms with E-state index < -0.39 is 0 Å². The zero-order valence-electron chi connectivity index (χ0n) is 10.1. The molecule has 0 saturated carbocycles. The Kier molecular flexibility index (Phi) is 3.79. The first-order valence-corrected chi connectivity index (χ1v) is 5.91. The van der Waals surface area contributed by atoms with Crippen LogP contribution in [-0.4, -0.2) is 10.9 Å². The molecule has 0 aliphatic heterocycles. The van der Waals surface area contributed by atoms with Gasteiger partial charge in [0.25, 0.3) is 5.91 Å². The van der Waals surface area contributed by atoms with Crippen LogP contribution in [0.5, 0.6) is 0 Å². The summed E-state index contributed by atoms with van der Waals surface area (Å²) in [5.74, 6) is 0.133. The van der Waals surface area contributed by atoms with E-state index in [-0.39, 0.29) is 5.91 Å². The zero-order valence-corrected chi connectivity index (χ0v) is 10.9. The normalized spacial score (nSPS) is 9.74. The highest BCUT2D eigenvalue weighted by molar-refractivity contribution is 6.31. The fourth-order valence-electron chi connectivity index (χ4n) is 1.51. The number of rotatable bonds is 2. The Morgan fingerprint density at radius 1 is 1.37 bits per heavy atom. The average molecular weight is 272 g/mol. The van der Waals surface area contributed by atoms with Crippen LogP contribution in [-0.2, 0) is 0 Å². The number of carbonyl (C=O) groups excluding carboxylic acids is 1. The van der Waals surface area contributed by atoms with Crippen LogP contribution in [0.2, 0.25) is 5.02 Å². The highest BCUT2D eigenvalue weighted by Crippen LogP contribution is 2.17. The number of anilines is 1. The number of carbonyl (C=O) groups is 1. The van der Waals surface area contributed by atoms with Crippen LogP contribution < -0.4 is 5.32 Å². The second-order valence-corrected chi connectivity index (χ2v) is 4.37. The van der Waals surface area contributed by atoms with E-state index in [1.165, 1.54) is 6.20 Å². The number of nitriles is 1. The second kappa shape index (κ2) is 5.51. The van der Waals surface area contributed by atoms with Crippen LogP contribution in [0.15, 0.2) is 36.5 Å². The van der Waals surface area contributed by atoms with E-state index in [1.807, 2.05) is 13.0 Å². The van der Waals surface area contributed by atoms with E-state index in [9.17, 15) is 4.79 Å². The molecular formula is C14H10ClN3O. The van der Waals surface area contributed by atoms with E-state index >= 15 is 0 Å². The molecule has 0 fully saturated rings. The first kappa shape index (κ1) is 13.1. The molecule has 1 N–H and O–H groups in total. The lowest BCUT2D eigenvalue weighted by Gasteiger charge is -2.05. The molecule has 2 aromatic rings. The molecule has 0 aliphatic carbocycles. The minimum Gasteiger partial charge on any atom is -0.307 e. The maximum atomic E-state index is 12.0. The van der Waals surface area contributed by atoms with Gasteiger partial charge in [-0.2, -0.15) is 5.26 Å². The Balaban J connectivity index is 2.16. The molecule has 4 nitrogen and oxygen atoms in total. The molecule has 94 valence electrons. The highest BCUT2D eigenvalue weighted by Gasteiger charge is 2.08. The third-order valence-electron chi connectivity index (χ3n) is 2.55. The molecule has 0 unspecified atom stereocenters. The van der Waals surface area contributed by atoms with Gasteiger partial charge in [-0.05, 0) is 42.8 Å². The van der Waals surface area contributed by atoms with Crippen molar-refractivity contribution in [2.75, 3.05) is 5.32 Å². The first-order chi connectivity index (χ1) is 9.10. The van der Waals surface area contributed by atoms with E-state index in [4.69, 9.17) is 16.9 Å². The number of aromatic nitrogens is 1. The summed E-state index contributed by atoms with van der Waals surface area (Å²) in [5, 5.41) is 11.9. The number of halogens is 1. The van der Waals surface area contributed by atoms with E-state index in [1.54, 1.807) is 30.3 Å². The first-order valence-electron chi connectivity index (χ1n) is 5.54. The van der Waals surface area contributed by atoms with Crippen LogP contribution in [0.1, 0.15) is 21.5 Å². The van der Waals surface area contributed by atoms with E-state index in [0.717, 1.165) is 5.56 Å². The summed E-state index contributed by atoms with van der Waals surface area (Å²) in [4.78, 5) is 15.9. The lowest BCUT2D eigenvalue weighted by molar-refractivity contribution is 0.102. The number of amides is 1. The van der Waals surface area contributed by atoms with Crippen molar-refractivity contribution in [2.24, 2.45) is 0 Å². The number of hydrogen-bond donors (Lipinski definition) is 1. The fourth-order valence-corrected chi connectivity index (χ4v) is 1.63. The van der Waals surface area contributed by atoms with Gasteiger partial charge in [0.15, 0.2) is 0 Å². The summed E-state index contributed by atoms with van der Waals surface area (Å²) < 4.78 is 0. The number of aryl methyl sites for hydroxylation is 1. The number of nitrogens with one attached hydrogen (secondary N) is 1. The SMILES string of the molecule is Cc1cc(C(=O)Nc2ccc(C#N)cn2)ccc1Cl. The molecule has 1 aromatic heterocycles. The molecule has 0 atom stereocenters. The highest BCUT2D eigenvalue weighted by atomic mass is 35.5. The Morgan fingerprint density at radius 3 is 2.74 bits per heavy atom. The van der Waals surface area contributed by atoms with Crippen molar-refractivity contribution in [3.63, 3.8) is 0 Å². The lowest BCUT2D eigenvalue weighted by Crippen LogP contribution is -2.13.